The van der Waals surface area contributed by atoms with Gasteiger partial charge in [0.2, 0.25) is 5.95 Å². The number of anilines is 2. The van der Waals surface area contributed by atoms with Crippen molar-refractivity contribution in [2.45, 2.75) is 31.2 Å². The van der Waals surface area contributed by atoms with E-state index in [4.69, 9.17) is 4.74 Å². The molecule has 7 nitrogen and oxygen atoms in total. The number of aromatic nitrogens is 4. The number of aryl methyl sites for hydroxylation is 1. The highest BCUT2D eigenvalue weighted by Crippen LogP contribution is 2.33. The molecular weight excluding hydrogens is 349 g/mol. The Labute approximate surface area is 149 Å². The molecule has 142 valence electrons. The molecule has 0 radical (unpaired) electrons. The zero-order valence-electron chi connectivity index (χ0n) is 14.8. The van der Waals surface area contributed by atoms with Crippen LogP contribution in [0.2, 0.25) is 0 Å². The van der Waals surface area contributed by atoms with E-state index in [1.165, 1.54) is 4.90 Å². The predicted molar refractivity (Wildman–Crippen MR) is 89.9 cm³/mol. The molecule has 0 unspecified atom stereocenters. The molecule has 2 aromatic heterocycles. The van der Waals surface area contributed by atoms with Crippen molar-refractivity contribution in [1.82, 2.24) is 19.7 Å². The fraction of sp³-hybridized carbons (Fsp3) is 0.562. The monoisotopic (exact) mass is 370 g/mol. The Morgan fingerprint density at radius 1 is 1.31 bits per heavy atom. The summed E-state index contributed by atoms with van der Waals surface area (Å²) in [7, 11) is 5.07. The standard InChI is InChI=1S/C16H21F3N6O/c1-24(2)13-7-12(16(17,18)19)22-15(23-13)21-11-5-4-6-26-14(11)10-8-20-25(3)9-10/h7-9,11,14H,4-6H2,1-3H3,(H,21,22,23)/t11-,14+/m0/s1. The van der Waals surface area contributed by atoms with E-state index in [0.717, 1.165) is 24.5 Å². The van der Waals surface area contributed by atoms with Crippen LogP contribution >= 0.6 is 0 Å². The molecule has 1 aliphatic rings. The van der Waals surface area contributed by atoms with E-state index in [0.29, 0.717) is 6.61 Å². The molecule has 1 aliphatic heterocycles. The van der Waals surface area contributed by atoms with Gasteiger partial charge < -0.3 is 15.0 Å². The zero-order chi connectivity index (χ0) is 18.9. The number of ether oxygens (including phenoxy) is 1. The van der Waals surface area contributed by atoms with Crippen LogP contribution in [-0.2, 0) is 18.0 Å². The Bertz CT molecular complexity index is 761. The van der Waals surface area contributed by atoms with Crippen LogP contribution in [0.25, 0.3) is 0 Å². The maximum atomic E-state index is 13.2. The molecule has 0 spiro atoms. The van der Waals surface area contributed by atoms with Gasteiger partial charge in [-0.15, -0.1) is 0 Å². The van der Waals surface area contributed by atoms with Gasteiger partial charge in [0.05, 0.1) is 12.2 Å². The fourth-order valence-corrected chi connectivity index (χ4v) is 2.88. The summed E-state index contributed by atoms with van der Waals surface area (Å²) in [5, 5.41) is 7.17. The van der Waals surface area contributed by atoms with Crippen LogP contribution in [0.5, 0.6) is 0 Å². The third-order valence-electron chi connectivity index (χ3n) is 4.15. The van der Waals surface area contributed by atoms with E-state index in [2.05, 4.69) is 20.4 Å². The topological polar surface area (TPSA) is 68.1 Å². The first-order valence-electron chi connectivity index (χ1n) is 8.24. The van der Waals surface area contributed by atoms with E-state index in [1.807, 2.05) is 6.20 Å². The van der Waals surface area contributed by atoms with Crippen molar-refractivity contribution in [3.8, 4) is 0 Å². The van der Waals surface area contributed by atoms with E-state index < -0.39 is 11.9 Å². The number of hydrogen-bond acceptors (Lipinski definition) is 6. The van der Waals surface area contributed by atoms with E-state index in [1.54, 1.807) is 32.0 Å². The highest BCUT2D eigenvalue weighted by molar-refractivity contribution is 5.45. The van der Waals surface area contributed by atoms with Gasteiger partial charge in [0.1, 0.15) is 11.9 Å². The minimum absolute atomic E-state index is 0.0621. The molecule has 10 heteroatoms. The summed E-state index contributed by atoms with van der Waals surface area (Å²) in [6, 6.07) is 0.688. The highest BCUT2D eigenvalue weighted by Gasteiger charge is 2.35. The molecule has 0 aliphatic carbocycles. The fourth-order valence-electron chi connectivity index (χ4n) is 2.88. The summed E-state index contributed by atoms with van der Waals surface area (Å²) >= 11 is 0. The molecule has 1 N–H and O–H groups in total. The van der Waals surface area contributed by atoms with Crippen LogP contribution in [0, 0.1) is 0 Å². The second-order valence-corrected chi connectivity index (χ2v) is 6.46. The molecule has 0 saturated carbocycles. The van der Waals surface area contributed by atoms with E-state index in [9.17, 15) is 13.2 Å². The van der Waals surface area contributed by atoms with Crippen molar-refractivity contribution in [2.75, 3.05) is 30.9 Å². The summed E-state index contributed by atoms with van der Waals surface area (Å²) in [6.07, 6.45) is 0.199. The Morgan fingerprint density at radius 2 is 2.08 bits per heavy atom. The molecule has 2 atom stereocenters. The SMILES string of the molecule is CN(C)c1cc(C(F)(F)F)nc(N[C@H]2CCCO[C@@H]2c2cnn(C)c2)n1. The van der Waals surface area contributed by atoms with Gasteiger partial charge in [-0.3, -0.25) is 4.68 Å². The van der Waals surface area contributed by atoms with Crippen molar-refractivity contribution in [3.63, 3.8) is 0 Å². The number of nitrogens with zero attached hydrogens (tertiary/aromatic N) is 5. The number of alkyl halides is 3. The largest absolute Gasteiger partial charge is 0.433 e. The van der Waals surface area contributed by atoms with Crippen LogP contribution in [0.1, 0.15) is 30.2 Å². The van der Waals surface area contributed by atoms with E-state index >= 15 is 0 Å². The number of nitrogens with one attached hydrogen (secondary N) is 1. The number of halogens is 3. The lowest BCUT2D eigenvalue weighted by molar-refractivity contribution is -0.141. The maximum absolute atomic E-state index is 13.2. The van der Waals surface area contributed by atoms with Gasteiger partial charge >= 0.3 is 6.18 Å². The first-order valence-corrected chi connectivity index (χ1v) is 8.24. The Morgan fingerprint density at radius 3 is 2.69 bits per heavy atom. The number of rotatable bonds is 4. The zero-order valence-corrected chi connectivity index (χ0v) is 14.8. The van der Waals surface area contributed by atoms with Gasteiger partial charge in [-0.1, -0.05) is 0 Å². The average Bonchev–Trinajstić information content (AvgIpc) is 3.00. The van der Waals surface area contributed by atoms with Crippen molar-refractivity contribution < 1.29 is 17.9 Å². The molecule has 1 saturated heterocycles. The molecule has 2 aromatic rings. The van der Waals surface area contributed by atoms with Gasteiger partial charge in [-0.2, -0.15) is 23.3 Å². The van der Waals surface area contributed by atoms with Crippen LogP contribution in [0.15, 0.2) is 18.5 Å². The lowest BCUT2D eigenvalue weighted by Crippen LogP contribution is -2.34. The minimum atomic E-state index is -4.55. The van der Waals surface area contributed by atoms with Crippen molar-refractivity contribution >= 4 is 11.8 Å². The molecular formula is C16H21F3N6O. The van der Waals surface area contributed by atoms with Crippen molar-refractivity contribution in [1.29, 1.82) is 0 Å². The lowest BCUT2D eigenvalue weighted by Gasteiger charge is -2.32. The highest BCUT2D eigenvalue weighted by atomic mass is 19.4. The molecule has 3 rings (SSSR count). The maximum Gasteiger partial charge on any atom is 0.433 e. The molecule has 0 aromatic carbocycles. The molecule has 3 heterocycles. The van der Waals surface area contributed by atoms with Crippen LogP contribution in [-0.4, -0.2) is 46.5 Å². The number of hydrogen-bond donors (Lipinski definition) is 1. The predicted octanol–water partition coefficient (Wildman–Crippen LogP) is 2.63. The Hall–Kier alpha value is -2.36. The lowest BCUT2D eigenvalue weighted by atomic mass is 9.98. The van der Waals surface area contributed by atoms with Gasteiger partial charge in [0.25, 0.3) is 0 Å². The Balaban J connectivity index is 1.89. The summed E-state index contributed by atoms with van der Waals surface area (Å²) in [5.41, 5.74) is -0.113. The Kier molecular flexibility index (Phi) is 5.03. The quantitative estimate of drug-likeness (QED) is 0.892. The molecule has 1 fully saturated rings. The van der Waals surface area contributed by atoms with Gasteiger partial charge in [-0.25, -0.2) is 4.98 Å². The second kappa shape index (κ2) is 7.10. The van der Waals surface area contributed by atoms with Crippen molar-refractivity contribution in [3.05, 3.63) is 29.7 Å². The first-order chi connectivity index (χ1) is 12.2. The summed E-state index contributed by atoms with van der Waals surface area (Å²) in [4.78, 5) is 9.38. The molecule has 0 bridgehead atoms. The second-order valence-electron chi connectivity index (χ2n) is 6.46. The molecule has 0 amide bonds. The smallest absolute Gasteiger partial charge is 0.371 e. The third-order valence-corrected chi connectivity index (χ3v) is 4.15. The van der Waals surface area contributed by atoms with Gasteiger partial charge in [0.15, 0.2) is 5.69 Å². The van der Waals surface area contributed by atoms with E-state index in [-0.39, 0.29) is 23.9 Å². The molecule has 26 heavy (non-hydrogen) atoms. The average molecular weight is 370 g/mol. The normalized spacial score (nSPS) is 20.8. The third kappa shape index (κ3) is 4.06. The van der Waals surface area contributed by atoms with Crippen LogP contribution in [0.3, 0.4) is 0 Å². The van der Waals surface area contributed by atoms with Crippen molar-refractivity contribution in [2.24, 2.45) is 7.05 Å². The first kappa shape index (κ1) is 18.4. The van der Waals surface area contributed by atoms with Gasteiger partial charge in [0, 0.05) is 45.6 Å². The van der Waals surface area contributed by atoms with Crippen LogP contribution < -0.4 is 10.2 Å². The summed E-state index contributed by atoms with van der Waals surface area (Å²) in [5.74, 6) is 0.123. The van der Waals surface area contributed by atoms with Gasteiger partial charge in [-0.05, 0) is 12.8 Å². The minimum Gasteiger partial charge on any atom is -0.371 e. The van der Waals surface area contributed by atoms with Crippen LogP contribution in [0.4, 0.5) is 24.9 Å². The summed E-state index contributed by atoms with van der Waals surface area (Å²) < 4.78 is 47.0. The summed E-state index contributed by atoms with van der Waals surface area (Å²) in [6.45, 7) is 0.587.